The van der Waals surface area contributed by atoms with Crippen molar-refractivity contribution < 1.29 is 27.4 Å². The van der Waals surface area contributed by atoms with E-state index in [1.165, 1.54) is 30.7 Å². The van der Waals surface area contributed by atoms with Gasteiger partial charge in [-0.05, 0) is 42.3 Å². The van der Waals surface area contributed by atoms with Crippen molar-refractivity contribution in [2.45, 2.75) is 16.7 Å². The number of carbonyl (C=O) groups is 1. The molecule has 0 bridgehead atoms. The Balaban J connectivity index is 1.72. The van der Waals surface area contributed by atoms with Gasteiger partial charge in [-0.25, -0.2) is 8.42 Å². The molecule has 4 rings (SSSR count). The van der Waals surface area contributed by atoms with Crippen LogP contribution in [0.15, 0.2) is 41.3 Å². The molecule has 2 aromatic rings. The summed E-state index contributed by atoms with van der Waals surface area (Å²) in [5, 5.41) is 0. The number of amides is 1. The second kappa shape index (κ2) is 7.17. The Morgan fingerprint density at radius 2 is 1.70 bits per heavy atom. The number of fused-ring (bicyclic) bond motifs is 2. The Labute approximate surface area is 176 Å². The van der Waals surface area contributed by atoms with Crippen LogP contribution in [0.3, 0.4) is 0 Å². The maximum absolute atomic E-state index is 13.3. The third kappa shape index (κ3) is 2.84. The fraction of sp³-hybridized carbons (Fsp3) is 0.381. The molecule has 1 unspecified atom stereocenters. The van der Waals surface area contributed by atoms with Crippen LogP contribution in [0.5, 0.6) is 17.2 Å². The number of benzene rings is 2. The lowest BCUT2D eigenvalue weighted by molar-refractivity contribution is -0.122. The van der Waals surface area contributed by atoms with E-state index in [0.29, 0.717) is 23.7 Å². The van der Waals surface area contributed by atoms with Gasteiger partial charge in [0.2, 0.25) is 15.9 Å². The molecule has 1 amide bonds. The van der Waals surface area contributed by atoms with E-state index in [2.05, 4.69) is 0 Å². The number of methoxy groups -OCH3 is 3. The second-order valence-electron chi connectivity index (χ2n) is 7.43. The number of sulfonamides is 1. The van der Waals surface area contributed by atoms with Crippen LogP contribution in [-0.4, -0.2) is 60.1 Å². The molecule has 0 aromatic heterocycles. The molecule has 0 radical (unpaired) electrons. The molecule has 2 heterocycles. The normalized spacial score (nSPS) is 21.2. The summed E-state index contributed by atoms with van der Waals surface area (Å²) in [6, 6.07) is 9.97. The zero-order chi connectivity index (χ0) is 21.7. The molecule has 30 heavy (non-hydrogen) atoms. The third-order valence-electron chi connectivity index (χ3n) is 6.02. The van der Waals surface area contributed by atoms with Crippen LogP contribution in [0.1, 0.15) is 12.0 Å². The van der Waals surface area contributed by atoms with E-state index >= 15 is 0 Å². The first-order valence-corrected chi connectivity index (χ1v) is 10.9. The standard InChI is InChI=1S/C21H24N2O6S/c1-22-17-7-5-14(27-2)11-16(17)21(20(22)24)9-10-23(13-21)30(25,26)15-6-8-18(28-3)19(12-15)29-4/h5-8,11-12H,9-10,13H2,1-4H3. The lowest BCUT2D eigenvalue weighted by Gasteiger charge is -2.23. The van der Waals surface area contributed by atoms with E-state index in [-0.39, 0.29) is 23.9 Å². The second-order valence-corrected chi connectivity index (χ2v) is 9.37. The molecule has 2 aromatic carbocycles. The lowest BCUT2D eigenvalue weighted by atomic mass is 9.81. The topological polar surface area (TPSA) is 85.4 Å². The number of carbonyl (C=O) groups excluding carboxylic acids is 1. The molecule has 160 valence electrons. The fourth-order valence-electron chi connectivity index (χ4n) is 4.36. The number of rotatable bonds is 5. The highest BCUT2D eigenvalue weighted by Gasteiger charge is 2.55. The van der Waals surface area contributed by atoms with Crippen LogP contribution in [0.2, 0.25) is 0 Å². The van der Waals surface area contributed by atoms with Crippen molar-refractivity contribution >= 4 is 21.6 Å². The van der Waals surface area contributed by atoms with Crippen molar-refractivity contribution in [3.63, 3.8) is 0 Å². The zero-order valence-corrected chi connectivity index (χ0v) is 18.2. The number of nitrogens with zero attached hydrogens (tertiary/aromatic N) is 2. The summed E-state index contributed by atoms with van der Waals surface area (Å²) in [7, 11) is 2.40. The van der Waals surface area contributed by atoms with Crippen LogP contribution in [0, 0.1) is 0 Å². The first-order chi connectivity index (χ1) is 14.3. The molecule has 2 aliphatic heterocycles. The van der Waals surface area contributed by atoms with Gasteiger partial charge in [0, 0.05) is 31.9 Å². The Kier molecular flexibility index (Phi) is 4.90. The van der Waals surface area contributed by atoms with Crippen molar-refractivity contribution in [2.75, 3.05) is 46.4 Å². The lowest BCUT2D eigenvalue weighted by Crippen LogP contribution is -2.42. The molecule has 0 aliphatic carbocycles. The summed E-state index contributed by atoms with van der Waals surface area (Å²) in [5.74, 6) is 1.32. The number of ether oxygens (including phenoxy) is 3. The monoisotopic (exact) mass is 432 g/mol. The molecule has 1 saturated heterocycles. The van der Waals surface area contributed by atoms with Crippen LogP contribution >= 0.6 is 0 Å². The average Bonchev–Trinajstić information content (AvgIpc) is 3.31. The summed E-state index contributed by atoms with van der Waals surface area (Å²) in [4.78, 5) is 14.9. The van der Waals surface area contributed by atoms with Crippen molar-refractivity contribution in [2.24, 2.45) is 0 Å². The van der Waals surface area contributed by atoms with E-state index in [4.69, 9.17) is 14.2 Å². The van der Waals surface area contributed by atoms with Crippen LogP contribution in [0.25, 0.3) is 0 Å². The quantitative estimate of drug-likeness (QED) is 0.719. The Morgan fingerprint density at radius 3 is 2.37 bits per heavy atom. The Hall–Kier alpha value is -2.78. The number of hydrogen-bond donors (Lipinski definition) is 0. The van der Waals surface area contributed by atoms with Crippen molar-refractivity contribution in [3.05, 3.63) is 42.0 Å². The van der Waals surface area contributed by atoms with Crippen molar-refractivity contribution in [1.82, 2.24) is 4.31 Å². The highest BCUT2D eigenvalue weighted by Crippen LogP contribution is 2.49. The molecular weight excluding hydrogens is 408 g/mol. The van der Waals surface area contributed by atoms with Gasteiger partial charge in [-0.2, -0.15) is 4.31 Å². The molecule has 0 saturated carbocycles. The van der Waals surface area contributed by atoms with Gasteiger partial charge in [-0.15, -0.1) is 0 Å². The van der Waals surface area contributed by atoms with Gasteiger partial charge >= 0.3 is 0 Å². The maximum atomic E-state index is 13.3. The van der Waals surface area contributed by atoms with E-state index in [0.717, 1.165) is 11.3 Å². The highest BCUT2D eigenvalue weighted by molar-refractivity contribution is 7.89. The van der Waals surface area contributed by atoms with E-state index in [9.17, 15) is 13.2 Å². The smallest absolute Gasteiger partial charge is 0.243 e. The Bertz CT molecular complexity index is 1120. The summed E-state index contributed by atoms with van der Waals surface area (Å²) in [6.45, 7) is 0.319. The first-order valence-electron chi connectivity index (χ1n) is 9.47. The van der Waals surface area contributed by atoms with E-state index in [1.54, 1.807) is 31.2 Å². The summed E-state index contributed by atoms with van der Waals surface area (Å²) in [6.07, 6.45) is 0.406. The first kappa shape index (κ1) is 20.5. The fourth-order valence-corrected chi connectivity index (χ4v) is 5.88. The van der Waals surface area contributed by atoms with Gasteiger partial charge in [0.15, 0.2) is 11.5 Å². The van der Waals surface area contributed by atoms with Gasteiger partial charge in [0.1, 0.15) is 5.75 Å². The van der Waals surface area contributed by atoms with Gasteiger partial charge in [-0.1, -0.05) is 0 Å². The van der Waals surface area contributed by atoms with E-state index in [1.807, 2.05) is 12.1 Å². The predicted octanol–water partition coefficient (Wildman–Crippen LogP) is 2.02. The molecule has 0 N–H and O–H groups in total. The average molecular weight is 432 g/mol. The van der Waals surface area contributed by atoms with Crippen LogP contribution in [-0.2, 0) is 20.2 Å². The van der Waals surface area contributed by atoms with Crippen molar-refractivity contribution in [1.29, 1.82) is 0 Å². The molecule has 1 fully saturated rings. The minimum absolute atomic E-state index is 0.0764. The minimum Gasteiger partial charge on any atom is -0.497 e. The van der Waals surface area contributed by atoms with Gasteiger partial charge < -0.3 is 19.1 Å². The minimum atomic E-state index is -3.82. The van der Waals surface area contributed by atoms with E-state index < -0.39 is 15.4 Å². The van der Waals surface area contributed by atoms with Gasteiger partial charge in [0.25, 0.3) is 0 Å². The zero-order valence-electron chi connectivity index (χ0n) is 17.3. The third-order valence-corrected chi connectivity index (χ3v) is 7.86. The number of hydrogen-bond acceptors (Lipinski definition) is 6. The predicted molar refractivity (Wildman–Crippen MR) is 111 cm³/mol. The summed E-state index contributed by atoms with van der Waals surface area (Å²) in [5.41, 5.74) is 0.674. The summed E-state index contributed by atoms with van der Waals surface area (Å²) >= 11 is 0. The molecular formula is C21H24N2O6S. The molecule has 1 spiro atoms. The number of likely N-dealkylation sites (N-methyl/N-ethyl adjacent to an activating group) is 1. The molecule has 8 nitrogen and oxygen atoms in total. The molecule has 1 atom stereocenters. The SMILES string of the molecule is COc1ccc2c(c1)C1(CCN(S(=O)(=O)c3ccc(OC)c(OC)c3)C1)C(=O)N2C. The molecule has 2 aliphatic rings. The summed E-state index contributed by atoms with van der Waals surface area (Å²) < 4.78 is 43.8. The highest BCUT2D eigenvalue weighted by atomic mass is 32.2. The number of anilines is 1. The van der Waals surface area contributed by atoms with Gasteiger partial charge in [-0.3, -0.25) is 4.79 Å². The van der Waals surface area contributed by atoms with Crippen LogP contribution < -0.4 is 19.1 Å². The van der Waals surface area contributed by atoms with Crippen LogP contribution in [0.4, 0.5) is 5.69 Å². The Morgan fingerprint density at radius 1 is 0.967 bits per heavy atom. The molecule has 9 heteroatoms. The maximum Gasteiger partial charge on any atom is 0.243 e. The van der Waals surface area contributed by atoms with Crippen molar-refractivity contribution in [3.8, 4) is 17.2 Å². The largest absolute Gasteiger partial charge is 0.497 e. The van der Waals surface area contributed by atoms with Gasteiger partial charge in [0.05, 0.1) is 31.6 Å².